The third-order valence-electron chi connectivity index (χ3n) is 3.83. The van der Waals surface area contributed by atoms with Crippen molar-refractivity contribution in [2.45, 2.75) is 31.7 Å². The van der Waals surface area contributed by atoms with E-state index in [0.29, 0.717) is 25.9 Å². The maximum absolute atomic E-state index is 13.4. The molecule has 0 aromatic heterocycles. The van der Waals surface area contributed by atoms with Crippen LogP contribution in [0.2, 0.25) is 0 Å². The van der Waals surface area contributed by atoms with Gasteiger partial charge in [0.25, 0.3) is 0 Å². The number of hydrogen-bond acceptors (Lipinski definition) is 3. The van der Waals surface area contributed by atoms with Gasteiger partial charge in [-0.1, -0.05) is 12.1 Å². The number of nitrogens with one attached hydrogen (secondary N) is 1. The molecule has 0 spiro atoms. The van der Waals surface area contributed by atoms with Gasteiger partial charge >= 0.3 is 6.09 Å². The van der Waals surface area contributed by atoms with E-state index >= 15 is 0 Å². The summed E-state index contributed by atoms with van der Waals surface area (Å²) in [6.45, 7) is 1.10. The summed E-state index contributed by atoms with van der Waals surface area (Å²) >= 11 is 0. The first-order chi connectivity index (χ1) is 10.6. The van der Waals surface area contributed by atoms with Gasteiger partial charge in [-0.3, -0.25) is 4.79 Å². The Bertz CT molecular complexity index is 536. The molecule has 22 heavy (non-hydrogen) atoms. The number of benzene rings is 1. The average molecular weight is 308 g/mol. The van der Waals surface area contributed by atoms with Crippen LogP contribution < -0.4 is 5.32 Å². The third-order valence-corrected chi connectivity index (χ3v) is 3.83. The van der Waals surface area contributed by atoms with E-state index in [1.807, 2.05) is 11.0 Å². The Hall–Kier alpha value is -2.11. The predicted molar refractivity (Wildman–Crippen MR) is 79.7 cm³/mol. The lowest BCUT2D eigenvalue weighted by Gasteiger charge is -2.25. The van der Waals surface area contributed by atoms with Crippen LogP contribution >= 0.6 is 0 Å². The quantitative estimate of drug-likeness (QED) is 0.851. The number of carbonyl (C=O) groups excluding carboxylic acids is 2. The Labute approximate surface area is 129 Å². The van der Waals surface area contributed by atoms with Crippen LogP contribution in [0.1, 0.15) is 37.3 Å². The van der Waals surface area contributed by atoms with E-state index < -0.39 is 6.09 Å². The molecular weight excluding hydrogens is 287 g/mol. The summed E-state index contributed by atoms with van der Waals surface area (Å²) in [4.78, 5) is 25.0. The van der Waals surface area contributed by atoms with E-state index in [1.165, 1.54) is 19.2 Å². The van der Waals surface area contributed by atoms with Crippen LogP contribution in [-0.4, -0.2) is 37.1 Å². The minimum Gasteiger partial charge on any atom is -0.453 e. The first-order valence-corrected chi connectivity index (χ1v) is 7.48. The molecule has 1 N–H and O–H groups in total. The summed E-state index contributed by atoms with van der Waals surface area (Å²) < 4.78 is 17.8. The van der Waals surface area contributed by atoms with Crippen molar-refractivity contribution in [2.75, 3.05) is 20.2 Å². The number of rotatable bonds is 5. The number of amides is 2. The van der Waals surface area contributed by atoms with Crippen LogP contribution in [0.3, 0.4) is 0 Å². The van der Waals surface area contributed by atoms with Gasteiger partial charge in [0, 0.05) is 19.5 Å². The lowest BCUT2D eigenvalue weighted by Crippen LogP contribution is -2.31. The fourth-order valence-electron chi connectivity index (χ4n) is 2.77. The van der Waals surface area contributed by atoms with Crippen molar-refractivity contribution < 1.29 is 18.7 Å². The number of likely N-dealkylation sites (tertiary alicyclic amines) is 1. The second-order valence-corrected chi connectivity index (χ2v) is 5.32. The van der Waals surface area contributed by atoms with E-state index in [-0.39, 0.29) is 17.8 Å². The van der Waals surface area contributed by atoms with Crippen LogP contribution in [0, 0.1) is 5.82 Å². The molecule has 1 saturated heterocycles. The molecule has 1 fully saturated rings. The minimum absolute atomic E-state index is 0.0402. The van der Waals surface area contributed by atoms with E-state index in [4.69, 9.17) is 0 Å². The average Bonchev–Trinajstić information content (AvgIpc) is 3.00. The number of alkyl carbamates (subject to hydrolysis) is 1. The number of methoxy groups -OCH3 is 1. The van der Waals surface area contributed by atoms with Crippen LogP contribution in [0.5, 0.6) is 0 Å². The highest BCUT2D eigenvalue weighted by atomic mass is 19.1. The van der Waals surface area contributed by atoms with E-state index in [0.717, 1.165) is 18.4 Å². The van der Waals surface area contributed by atoms with Gasteiger partial charge in [0.15, 0.2) is 0 Å². The molecule has 120 valence electrons. The van der Waals surface area contributed by atoms with E-state index in [2.05, 4.69) is 10.1 Å². The zero-order chi connectivity index (χ0) is 15.9. The fourth-order valence-corrected chi connectivity index (χ4v) is 2.77. The van der Waals surface area contributed by atoms with Gasteiger partial charge in [0.1, 0.15) is 5.82 Å². The molecule has 0 bridgehead atoms. The van der Waals surface area contributed by atoms with Gasteiger partial charge in [0.2, 0.25) is 5.91 Å². The van der Waals surface area contributed by atoms with Gasteiger partial charge in [-0.15, -0.1) is 0 Å². The number of hydrogen-bond donors (Lipinski definition) is 1. The maximum Gasteiger partial charge on any atom is 0.406 e. The molecule has 5 nitrogen and oxygen atoms in total. The Kier molecular flexibility index (Phi) is 5.75. The SMILES string of the molecule is COC(=O)NCCCC(=O)N1CCC[C@@H]1c1cccc(F)c1. The van der Waals surface area contributed by atoms with Crippen molar-refractivity contribution in [3.05, 3.63) is 35.6 Å². The van der Waals surface area contributed by atoms with Crippen molar-refractivity contribution in [3.63, 3.8) is 0 Å². The zero-order valence-electron chi connectivity index (χ0n) is 12.7. The van der Waals surface area contributed by atoms with Gasteiger partial charge in [-0.25, -0.2) is 9.18 Å². The standard InChI is InChI=1S/C16H21FN2O3/c1-22-16(21)18-9-3-8-15(20)19-10-4-7-14(19)12-5-2-6-13(17)11-12/h2,5-6,11,14H,3-4,7-10H2,1H3,(H,18,21)/t14-/m1/s1. The number of carbonyl (C=O) groups is 2. The van der Waals surface area contributed by atoms with Gasteiger partial charge in [-0.2, -0.15) is 0 Å². The highest BCUT2D eigenvalue weighted by Gasteiger charge is 2.29. The molecule has 0 aliphatic carbocycles. The van der Waals surface area contributed by atoms with Crippen LogP contribution in [0.4, 0.5) is 9.18 Å². The summed E-state index contributed by atoms with van der Waals surface area (Å²) in [5, 5.41) is 2.55. The molecule has 1 atom stereocenters. The Balaban J connectivity index is 1.87. The summed E-state index contributed by atoms with van der Waals surface area (Å²) in [5.41, 5.74) is 0.846. The smallest absolute Gasteiger partial charge is 0.406 e. The third kappa shape index (κ3) is 4.19. The van der Waals surface area contributed by atoms with E-state index in [1.54, 1.807) is 6.07 Å². The van der Waals surface area contributed by atoms with Crippen molar-refractivity contribution in [1.29, 1.82) is 0 Å². The normalized spacial score (nSPS) is 17.4. The minimum atomic E-state index is -0.494. The summed E-state index contributed by atoms with van der Waals surface area (Å²) in [6.07, 6.45) is 2.20. The molecule has 0 unspecified atom stereocenters. The molecule has 2 amide bonds. The predicted octanol–water partition coefficient (Wildman–Crippen LogP) is 2.63. The molecule has 1 aliphatic rings. The fraction of sp³-hybridized carbons (Fsp3) is 0.500. The number of ether oxygens (including phenoxy) is 1. The van der Waals surface area contributed by atoms with Crippen LogP contribution in [0.25, 0.3) is 0 Å². The zero-order valence-corrected chi connectivity index (χ0v) is 12.7. The molecule has 6 heteroatoms. The number of nitrogens with zero attached hydrogens (tertiary/aromatic N) is 1. The van der Waals surface area contributed by atoms with Crippen molar-refractivity contribution in [3.8, 4) is 0 Å². The molecule has 1 aromatic carbocycles. The summed E-state index contributed by atoms with van der Waals surface area (Å²) in [5.74, 6) is -0.238. The maximum atomic E-state index is 13.4. The van der Waals surface area contributed by atoms with Crippen LogP contribution in [-0.2, 0) is 9.53 Å². The molecule has 0 radical (unpaired) electrons. The van der Waals surface area contributed by atoms with Crippen molar-refractivity contribution in [2.24, 2.45) is 0 Å². The Morgan fingerprint density at radius 1 is 1.45 bits per heavy atom. The number of halogens is 1. The van der Waals surface area contributed by atoms with Crippen LogP contribution in [0.15, 0.2) is 24.3 Å². The monoisotopic (exact) mass is 308 g/mol. The Morgan fingerprint density at radius 3 is 3.00 bits per heavy atom. The Morgan fingerprint density at radius 2 is 2.27 bits per heavy atom. The molecule has 2 rings (SSSR count). The van der Waals surface area contributed by atoms with E-state index in [9.17, 15) is 14.0 Å². The topological polar surface area (TPSA) is 58.6 Å². The molecular formula is C16H21FN2O3. The van der Waals surface area contributed by atoms with Gasteiger partial charge < -0.3 is 15.0 Å². The first-order valence-electron chi connectivity index (χ1n) is 7.48. The summed E-state index contributed by atoms with van der Waals surface area (Å²) in [7, 11) is 1.30. The van der Waals surface area contributed by atoms with Gasteiger partial charge in [-0.05, 0) is 37.0 Å². The highest BCUT2D eigenvalue weighted by Crippen LogP contribution is 2.32. The van der Waals surface area contributed by atoms with Crippen molar-refractivity contribution >= 4 is 12.0 Å². The molecule has 1 aliphatic heterocycles. The second kappa shape index (κ2) is 7.77. The molecule has 0 saturated carbocycles. The van der Waals surface area contributed by atoms with Crippen molar-refractivity contribution in [1.82, 2.24) is 10.2 Å². The molecule has 1 heterocycles. The lowest BCUT2D eigenvalue weighted by molar-refractivity contribution is -0.132. The summed E-state index contributed by atoms with van der Waals surface area (Å²) in [6, 6.07) is 6.39. The lowest BCUT2D eigenvalue weighted by atomic mass is 10.0. The molecule has 1 aromatic rings. The van der Waals surface area contributed by atoms with Gasteiger partial charge in [0.05, 0.1) is 13.2 Å². The highest BCUT2D eigenvalue weighted by molar-refractivity contribution is 5.77. The first kappa shape index (κ1) is 16.3. The largest absolute Gasteiger partial charge is 0.453 e. The second-order valence-electron chi connectivity index (χ2n) is 5.32.